The van der Waals surface area contributed by atoms with Gasteiger partial charge in [-0.15, -0.1) is 0 Å². The smallest absolute Gasteiger partial charge is 0.279 e. The number of carbonyl (C=O) groups is 1. The Hall–Kier alpha value is -3.53. The average Bonchev–Trinajstić information content (AvgIpc) is 2.76. The SMILES string of the molecule is CCCN(CCC)c1cccnc1NC(=O)c1nc(-c2nc(N)ncc2Cl)cnc1N. The fourth-order valence-corrected chi connectivity index (χ4v) is 3.24. The summed E-state index contributed by atoms with van der Waals surface area (Å²) >= 11 is 6.15. The maximum Gasteiger partial charge on any atom is 0.279 e. The summed E-state index contributed by atoms with van der Waals surface area (Å²) in [4.78, 5) is 35.8. The second kappa shape index (κ2) is 9.98. The van der Waals surface area contributed by atoms with Gasteiger partial charge in [-0.05, 0) is 25.0 Å². The Morgan fingerprint density at radius 1 is 1.10 bits per heavy atom. The minimum Gasteiger partial charge on any atom is -0.382 e. The molecule has 1 amide bonds. The van der Waals surface area contributed by atoms with Gasteiger partial charge in [0, 0.05) is 19.3 Å². The van der Waals surface area contributed by atoms with Crippen LogP contribution in [0.15, 0.2) is 30.7 Å². The first-order chi connectivity index (χ1) is 14.9. The molecule has 3 rings (SSSR count). The summed E-state index contributed by atoms with van der Waals surface area (Å²) in [6.07, 6.45) is 6.27. The van der Waals surface area contributed by atoms with E-state index >= 15 is 0 Å². The van der Waals surface area contributed by atoms with Crippen LogP contribution in [-0.2, 0) is 0 Å². The molecule has 0 aliphatic carbocycles. The molecule has 3 aromatic heterocycles. The molecule has 0 saturated carbocycles. The molecule has 10 nitrogen and oxygen atoms in total. The van der Waals surface area contributed by atoms with Crippen LogP contribution in [0.3, 0.4) is 0 Å². The Labute approximate surface area is 185 Å². The molecular formula is C20H24ClN9O. The number of nitrogens with one attached hydrogen (secondary N) is 1. The average molecular weight is 442 g/mol. The molecule has 3 aromatic rings. The summed E-state index contributed by atoms with van der Waals surface area (Å²) in [6, 6.07) is 3.75. The van der Waals surface area contributed by atoms with E-state index in [1.54, 1.807) is 6.20 Å². The zero-order valence-corrected chi connectivity index (χ0v) is 18.1. The molecule has 3 heterocycles. The van der Waals surface area contributed by atoms with Crippen molar-refractivity contribution < 1.29 is 4.79 Å². The van der Waals surface area contributed by atoms with Crippen LogP contribution in [0.4, 0.5) is 23.3 Å². The highest BCUT2D eigenvalue weighted by atomic mass is 35.5. The molecule has 11 heteroatoms. The fraction of sp³-hybridized carbons (Fsp3) is 0.300. The number of aromatic nitrogens is 5. The quantitative estimate of drug-likeness (QED) is 0.479. The summed E-state index contributed by atoms with van der Waals surface area (Å²) in [6.45, 7) is 5.88. The third kappa shape index (κ3) is 5.15. The van der Waals surface area contributed by atoms with Gasteiger partial charge in [-0.2, -0.15) is 0 Å². The number of carbonyl (C=O) groups excluding carboxylic acids is 1. The zero-order valence-electron chi connectivity index (χ0n) is 17.3. The number of rotatable bonds is 8. The van der Waals surface area contributed by atoms with Crippen molar-refractivity contribution in [2.24, 2.45) is 0 Å². The van der Waals surface area contributed by atoms with Gasteiger partial charge < -0.3 is 21.7 Å². The Morgan fingerprint density at radius 3 is 2.55 bits per heavy atom. The van der Waals surface area contributed by atoms with Crippen LogP contribution < -0.4 is 21.7 Å². The van der Waals surface area contributed by atoms with Gasteiger partial charge in [0.05, 0.1) is 23.1 Å². The number of nitrogens with zero attached hydrogens (tertiary/aromatic N) is 6. The third-order valence-electron chi connectivity index (χ3n) is 4.37. The number of amides is 1. The summed E-state index contributed by atoms with van der Waals surface area (Å²) in [7, 11) is 0. The van der Waals surface area contributed by atoms with Gasteiger partial charge in [0.1, 0.15) is 11.4 Å². The van der Waals surface area contributed by atoms with Gasteiger partial charge in [0.25, 0.3) is 5.91 Å². The van der Waals surface area contributed by atoms with E-state index in [9.17, 15) is 4.79 Å². The van der Waals surface area contributed by atoms with E-state index < -0.39 is 5.91 Å². The summed E-state index contributed by atoms with van der Waals surface area (Å²) in [5, 5.41) is 3.03. The normalized spacial score (nSPS) is 10.7. The van der Waals surface area contributed by atoms with Crippen LogP contribution >= 0.6 is 11.6 Å². The first-order valence-electron chi connectivity index (χ1n) is 9.86. The summed E-state index contributed by atoms with van der Waals surface area (Å²) in [5.41, 5.74) is 12.8. The van der Waals surface area contributed by atoms with Crippen LogP contribution in [-0.4, -0.2) is 43.9 Å². The number of nitrogen functional groups attached to an aromatic ring is 2. The molecule has 0 aromatic carbocycles. The van der Waals surface area contributed by atoms with Gasteiger partial charge in [0.15, 0.2) is 17.3 Å². The van der Waals surface area contributed by atoms with E-state index in [0.29, 0.717) is 5.82 Å². The maximum atomic E-state index is 13.0. The Morgan fingerprint density at radius 2 is 1.84 bits per heavy atom. The lowest BCUT2D eigenvalue weighted by Crippen LogP contribution is -2.27. The number of hydrogen-bond acceptors (Lipinski definition) is 9. The van der Waals surface area contributed by atoms with E-state index in [4.69, 9.17) is 23.1 Å². The van der Waals surface area contributed by atoms with Crippen molar-refractivity contribution in [2.45, 2.75) is 26.7 Å². The predicted octanol–water partition coefficient (Wildman–Crippen LogP) is 3.03. The summed E-state index contributed by atoms with van der Waals surface area (Å²) < 4.78 is 0. The molecule has 0 spiro atoms. The molecule has 31 heavy (non-hydrogen) atoms. The Balaban J connectivity index is 1.94. The first kappa shape index (κ1) is 22.2. The lowest BCUT2D eigenvalue weighted by Gasteiger charge is -2.25. The second-order valence-electron chi connectivity index (χ2n) is 6.73. The van der Waals surface area contributed by atoms with E-state index in [2.05, 4.69) is 49.0 Å². The van der Waals surface area contributed by atoms with Crippen molar-refractivity contribution in [2.75, 3.05) is 34.8 Å². The second-order valence-corrected chi connectivity index (χ2v) is 7.13. The van der Waals surface area contributed by atoms with Gasteiger partial charge in [-0.3, -0.25) is 4.79 Å². The molecule has 0 radical (unpaired) electrons. The van der Waals surface area contributed by atoms with E-state index in [-0.39, 0.29) is 33.9 Å². The third-order valence-corrected chi connectivity index (χ3v) is 4.64. The van der Waals surface area contributed by atoms with E-state index in [1.165, 1.54) is 12.4 Å². The summed E-state index contributed by atoms with van der Waals surface area (Å²) in [5.74, 6) is -0.131. The van der Waals surface area contributed by atoms with Gasteiger partial charge in [-0.25, -0.2) is 24.9 Å². The van der Waals surface area contributed by atoms with Gasteiger partial charge in [-0.1, -0.05) is 25.4 Å². The number of halogens is 1. The van der Waals surface area contributed by atoms with Gasteiger partial charge >= 0.3 is 0 Å². The Bertz CT molecular complexity index is 1070. The lowest BCUT2D eigenvalue weighted by atomic mass is 10.2. The van der Waals surface area contributed by atoms with Gasteiger partial charge in [0.2, 0.25) is 5.95 Å². The van der Waals surface area contributed by atoms with Crippen molar-refractivity contribution in [3.63, 3.8) is 0 Å². The lowest BCUT2D eigenvalue weighted by molar-refractivity contribution is 0.102. The van der Waals surface area contributed by atoms with Crippen LogP contribution in [0.2, 0.25) is 5.02 Å². The monoisotopic (exact) mass is 441 g/mol. The highest BCUT2D eigenvalue weighted by molar-refractivity contribution is 6.32. The van der Waals surface area contributed by atoms with Crippen LogP contribution in [0.25, 0.3) is 11.4 Å². The molecule has 0 fully saturated rings. The fourth-order valence-electron chi connectivity index (χ4n) is 3.05. The molecular weight excluding hydrogens is 418 g/mol. The maximum absolute atomic E-state index is 13.0. The minimum absolute atomic E-state index is 0.0223. The van der Waals surface area contributed by atoms with Crippen molar-refractivity contribution in [1.82, 2.24) is 24.9 Å². The molecule has 0 unspecified atom stereocenters. The number of pyridine rings is 1. The van der Waals surface area contributed by atoms with Crippen molar-refractivity contribution in [3.05, 3.63) is 41.4 Å². The number of hydrogen-bond donors (Lipinski definition) is 3. The molecule has 0 aliphatic heterocycles. The van der Waals surface area contributed by atoms with Crippen molar-refractivity contribution in [1.29, 1.82) is 0 Å². The number of anilines is 4. The molecule has 5 N–H and O–H groups in total. The van der Waals surface area contributed by atoms with E-state index in [1.807, 2.05) is 12.1 Å². The Kier molecular flexibility index (Phi) is 7.14. The minimum atomic E-state index is -0.544. The van der Waals surface area contributed by atoms with Crippen LogP contribution in [0, 0.1) is 0 Å². The molecule has 0 bridgehead atoms. The van der Waals surface area contributed by atoms with Crippen LogP contribution in [0.1, 0.15) is 37.2 Å². The number of nitrogens with two attached hydrogens (primary N) is 2. The topological polar surface area (TPSA) is 149 Å². The van der Waals surface area contributed by atoms with Crippen LogP contribution in [0.5, 0.6) is 0 Å². The standard InChI is InChI=1S/C20H24ClN9O/c1-3-8-30(9-4-2)14-6-5-7-24-18(14)29-19(31)16-17(22)25-11-13(27-16)15-12(21)10-26-20(23)28-15/h5-7,10-11H,3-4,8-9H2,1-2H3,(H2,22,25)(H2,23,26,28)(H,24,29,31). The van der Waals surface area contributed by atoms with E-state index in [0.717, 1.165) is 31.6 Å². The first-order valence-corrected chi connectivity index (χ1v) is 10.2. The van der Waals surface area contributed by atoms with Crippen molar-refractivity contribution in [3.8, 4) is 11.4 Å². The molecule has 0 atom stereocenters. The molecule has 0 aliphatic rings. The highest BCUT2D eigenvalue weighted by Crippen LogP contribution is 2.27. The largest absolute Gasteiger partial charge is 0.382 e. The van der Waals surface area contributed by atoms with Crippen molar-refractivity contribution >= 4 is 40.8 Å². The molecule has 162 valence electrons. The predicted molar refractivity (Wildman–Crippen MR) is 122 cm³/mol. The molecule has 0 saturated heterocycles. The zero-order chi connectivity index (χ0) is 22.4. The highest BCUT2D eigenvalue weighted by Gasteiger charge is 2.20.